The predicted octanol–water partition coefficient (Wildman–Crippen LogP) is 4.57. The van der Waals surface area contributed by atoms with E-state index < -0.39 is 0 Å². The molecule has 0 bridgehead atoms. The lowest BCUT2D eigenvalue weighted by molar-refractivity contribution is -0.125. The summed E-state index contributed by atoms with van der Waals surface area (Å²) in [6.45, 7) is 0.161. The number of benzene rings is 2. The third-order valence-electron chi connectivity index (χ3n) is 3.93. The summed E-state index contributed by atoms with van der Waals surface area (Å²) in [6.07, 6.45) is 0. The van der Waals surface area contributed by atoms with Gasteiger partial charge in [0.1, 0.15) is 0 Å². The molecule has 0 saturated carbocycles. The fourth-order valence-electron chi connectivity index (χ4n) is 2.58. The van der Waals surface area contributed by atoms with Crippen LogP contribution in [0.1, 0.15) is 15.9 Å². The molecule has 2 aromatic carbocycles. The second-order valence-corrected chi connectivity index (χ2v) is 7.94. The SMILES string of the molecule is CN(C(=O)c1cccc(CN2C(=O)CSC2=O)c1)c1ccc(Br)cc1Cl. The molecule has 5 nitrogen and oxygen atoms in total. The lowest BCUT2D eigenvalue weighted by Crippen LogP contribution is -2.29. The number of carbonyl (C=O) groups excluding carboxylic acids is 3. The van der Waals surface area contributed by atoms with E-state index >= 15 is 0 Å². The number of carbonyl (C=O) groups is 3. The van der Waals surface area contributed by atoms with Crippen LogP contribution in [-0.4, -0.2) is 34.8 Å². The predicted molar refractivity (Wildman–Crippen MR) is 107 cm³/mol. The van der Waals surface area contributed by atoms with Gasteiger partial charge in [-0.2, -0.15) is 0 Å². The number of amides is 3. The number of halogens is 2. The molecule has 8 heteroatoms. The molecule has 3 rings (SSSR count). The Labute approximate surface area is 168 Å². The Kier molecular flexibility index (Phi) is 5.70. The molecule has 1 aliphatic heterocycles. The molecule has 1 aliphatic rings. The lowest BCUT2D eigenvalue weighted by Gasteiger charge is -2.20. The van der Waals surface area contributed by atoms with Crippen LogP contribution in [0.3, 0.4) is 0 Å². The smallest absolute Gasteiger partial charge is 0.289 e. The highest BCUT2D eigenvalue weighted by Crippen LogP contribution is 2.29. The maximum absolute atomic E-state index is 12.8. The van der Waals surface area contributed by atoms with Crippen LogP contribution in [0.15, 0.2) is 46.9 Å². The first-order valence-electron chi connectivity index (χ1n) is 7.66. The average Bonchev–Trinajstić information content (AvgIpc) is 2.93. The first-order chi connectivity index (χ1) is 12.4. The van der Waals surface area contributed by atoms with Gasteiger partial charge in [0.05, 0.1) is 23.0 Å². The molecule has 0 spiro atoms. The molecule has 0 aromatic heterocycles. The molecule has 1 heterocycles. The normalized spacial score (nSPS) is 14.0. The van der Waals surface area contributed by atoms with E-state index in [0.29, 0.717) is 16.3 Å². The van der Waals surface area contributed by atoms with Crippen LogP contribution in [0.5, 0.6) is 0 Å². The van der Waals surface area contributed by atoms with E-state index in [4.69, 9.17) is 11.6 Å². The number of imide groups is 1. The Morgan fingerprint density at radius 3 is 2.69 bits per heavy atom. The van der Waals surface area contributed by atoms with E-state index in [1.54, 1.807) is 43.4 Å². The van der Waals surface area contributed by atoms with Crippen LogP contribution in [0.2, 0.25) is 5.02 Å². The highest BCUT2D eigenvalue weighted by atomic mass is 79.9. The third-order valence-corrected chi connectivity index (χ3v) is 5.59. The fraction of sp³-hybridized carbons (Fsp3) is 0.167. The molecule has 0 N–H and O–H groups in total. The van der Waals surface area contributed by atoms with Crippen molar-refractivity contribution in [2.24, 2.45) is 0 Å². The average molecular weight is 454 g/mol. The molecule has 134 valence electrons. The second-order valence-electron chi connectivity index (χ2n) is 5.69. The van der Waals surface area contributed by atoms with E-state index in [2.05, 4.69) is 15.9 Å². The maximum atomic E-state index is 12.8. The molecule has 26 heavy (non-hydrogen) atoms. The zero-order valence-electron chi connectivity index (χ0n) is 13.7. The van der Waals surface area contributed by atoms with Crippen molar-refractivity contribution in [3.8, 4) is 0 Å². The van der Waals surface area contributed by atoms with Crippen LogP contribution in [0.25, 0.3) is 0 Å². The molecule has 0 radical (unpaired) electrons. The van der Waals surface area contributed by atoms with Gasteiger partial charge in [-0.05, 0) is 35.9 Å². The van der Waals surface area contributed by atoms with Crippen molar-refractivity contribution in [2.75, 3.05) is 17.7 Å². The molecule has 1 fully saturated rings. The van der Waals surface area contributed by atoms with Gasteiger partial charge in [-0.3, -0.25) is 19.3 Å². The molecular weight excluding hydrogens is 440 g/mol. The second kappa shape index (κ2) is 7.82. The topological polar surface area (TPSA) is 57.7 Å². The Balaban J connectivity index is 1.81. The van der Waals surface area contributed by atoms with Gasteiger partial charge in [0, 0.05) is 17.1 Å². The first-order valence-corrected chi connectivity index (χ1v) is 9.81. The van der Waals surface area contributed by atoms with Gasteiger partial charge in [0.2, 0.25) is 5.91 Å². The summed E-state index contributed by atoms with van der Waals surface area (Å²) in [6, 6.07) is 12.2. The Morgan fingerprint density at radius 2 is 2.04 bits per heavy atom. The summed E-state index contributed by atoms with van der Waals surface area (Å²) in [4.78, 5) is 39.0. The van der Waals surface area contributed by atoms with Gasteiger partial charge in [0.15, 0.2) is 0 Å². The van der Waals surface area contributed by atoms with E-state index in [-0.39, 0.29) is 29.4 Å². The summed E-state index contributed by atoms with van der Waals surface area (Å²) in [5.74, 6) is -0.276. The van der Waals surface area contributed by atoms with E-state index in [9.17, 15) is 14.4 Å². The highest BCUT2D eigenvalue weighted by Gasteiger charge is 2.29. The minimum absolute atomic E-state index is 0.161. The fourth-order valence-corrected chi connectivity index (χ4v) is 4.10. The highest BCUT2D eigenvalue weighted by molar-refractivity contribution is 9.10. The molecule has 1 saturated heterocycles. The minimum atomic E-state index is -0.259. The Bertz CT molecular complexity index is 890. The number of nitrogens with zero attached hydrogens (tertiary/aromatic N) is 2. The molecule has 0 aliphatic carbocycles. The van der Waals surface area contributed by atoms with Crippen molar-refractivity contribution in [3.63, 3.8) is 0 Å². The monoisotopic (exact) mass is 452 g/mol. The van der Waals surface area contributed by atoms with Crippen LogP contribution in [0, 0.1) is 0 Å². The number of hydrogen-bond acceptors (Lipinski definition) is 4. The van der Waals surface area contributed by atoms with Crippen LogP contribution < -0.4 is 4.90 Å². The van der Waals surface area contributed by atoms with Gasteiger partial charge in [-0.1, -0.05) is 51.4 Å². The van der Waals surface area contributed by atoms with Crippen molar-refractivity contribution in [2.45, 2.75) is 6.54 Å². The first kappa shape index (κ1) is 18.9. The standard InChI is InChI=1S/C18H14BrClN2O3S/c1-21(15-6-5-13(19)8-14(15)20)17(24)12-4-2-3-11(7-12)9-22-16(23)10-26-18(22)25/h2-8H,9-10H2,1H3. The van der Waals surface area contributed by atoms with Crippen molar-refractivity contribution >= 4 is 62.0 Å². The zero-order chi connectivity index (χ0) is 18.8. The molecular formula is C18H14BrClN2O3S. The molecule has 2 aromatic rings. The minimum Gasteiger partial charge on any atom is -0.310 e. The van der Waals surface area contributed by atoms with Crippen LogP contribution in [-0.2, 0) is 11.3 Å². The van der Waals surface area contributed by atoms with Gasteiger partial charge >= 0.3 is 0 Å². The Hall–Kier alpha value is -1.83. The van der Waals surface area contributed by atoms with Gasteiger partial charge in [0.25, 0.3) is 11.1 Å². The van der Waals surface area contributed by atoms with Gasteiger partial charge in [-0.15, -0.1) is 0 Å². The molecule has 0 atom stereocenters. The van der Waals surface area contributed by atoms with Gasteiger partial charge in [-0.25, -0.2) is 0 Å². The maximum Gasteiger partial charge on any atom is 0.289 e. The number of rotatable bonds is 4. The quantitative estimate of drug-likeness (QED) is 0.680. The van der Waals surface area contributed by atoms with Crippen LogP contribution >= 0.6 is 39.3 Å². The summed E-state index contributed by atoms with van der Waals surface area (Å²) >= 11 is 10.6. The number of thioether (sulfide) groups is 1. The van der Waals surface area contributed by atoms with Crippen molar-refractivity contribution < 1.29 is 14.4 Å². The van der Waals surface area contributed by atoms with Crippen molar-refractivity contribution in [1.82, 2.24) is 4.90 Å². The lowest BCUT2D eigenvalue weighted by atomic mass is 10.1. The van der Waals surface area contributed by atoms with E-state index in [1.165, 1.54) is 9.80 Å². The van der Waals surface area contributed by atoms with E-state index in [0.717, 1.165) is 21.8 Å². The van der Waals surface area contributed by atoms with Crippen molar-refractivity contribution in [3.05, 3.63) is 63.1 Å². The van der Waals surface area contributed by atoms with Crippen molar-refractivity contribution in [1.29, 1.82) is 0 Å². The summed E-state index contributed by atoms with van der Waals surface area (Å²) in [7, 11) is 1.65. The summed E-state index contributed by atoms with van der Waals surface area (Å²) in [5.41, 5.74) is 1.76. The van der Waals surface area contributed by atoms with Crippen LogP contribution in [0.4, 0.5) is 10.5 Å². The largest absolute Gasteiger partial charge is 0.310 e. The molecule has 3 amide bonds. The van der Waals surface area contributed by atoms with E-state index in [1.807, 2.05) is 6.07 Å². The third kappa shape index (κ3) is 3.95. The number of anilines is 1. The number of hydrogen-bond donors (Lipinski definition) is 0. The Morgan fingerprint density at radius 1 is 1.27 bits per heavy atom. The summed E-state index contributed by atoms with van der Waals surface area (Å²) in [5, 5.41) is 0.196. The zero-order valence-corrected chi connectivity index (χ0v) is 16.9. The van der Waals surface area contributed by atoms with Gasteiger partial charge < -0.3 is 4.90 Å². The summed E-state index contributed by atoms with van der Waals surface area (Å²) < 4.78 is 0.826. The molecule has 0 unspecified atom stereocenters.